The van der Waals surface area contributed by atoms with E-state index >= 15 is 0 Å². The van der Waals surface area contributed by atoms with Crippen LogP contribution in [-0.4, -0.2) is 45.1 Å². The van der Waals surface area contributed by atoms with E-state index in [0.717, 1.165) is 51.0 Å². The molecule has 1 amide bonds. The number of halogens is 1. The Labute approximate surface area is 233 Å². The summed E-state index contributed by atoms with van der Waals surface area (Å²) in [4.78, 5) is 15.3. The second kappa shape index (κ2) is 12.7. The molecule has 2 aromatic rings. The van der Waals surface area contributed by atoms with Crippen LogP contribution in [0.2, 0.25) is 0 Å². The summed E-state index contributed by atoms with van der Waals surface area (Å²) >= 11 is 0. The molecule has 0 radical (unpaired) electrons. The Morgan fingerprint density at radius 3 is 2.08 bits per heavy atom. The van der Waals surface area contributed by atoms with Gasteiger partial charge in [-0.3, -0.25) is 14.4 Å². The molecule has 2 aliphatic carbocycles. The summed E-state index contributed by atoms with van der Waals surface area (Å²) in [7, 11) is -3.29. The van der Waals surface area contributed by atoms with E-state index in [1.54, 1.807) is 24.3 Å². The SMILES string of the molecule is CS(=O)(=O)Nc1ccc(Oc2ccc(CN3C[C@H]4CC(C(=O)NCC5CCCCC5)C[C@H]4C3)cc2)cc1.Cl. The Bertz CT molecular complexity index is 1150. The third-order valence-corrected chi connectivity index (χ3v) is 8.82. The first-order valence-electron chi connectivity index (χ1n) is 13.7. The Hall–Kier alpha value is -2.29. The zero-order valence-electron chi connectivity index (χ0n) is 22.1. The summed E-state index contributed by atoms with van der Waals surface area (Å²) in [6, 6.07) is 15.0. The van der Waals surface area contributed by atoms with E-state index in [9.17, 15) is 13.2 Å². The first-order chi connectivity index (χ1) is 17.8. The van der Waals surface area contributed by atoms with Gasteiger partial charge in [-0.2, -0.15) is 0 Å². The maximum atomic E-state index is 12.8. The van der Waals surface area contributed by atoms with Crippen LogP contribution in [0.1, 0.15) is 50.5 Å². The molecule has 1 heterocycles. The van der Waals surface area contributed by atoms with Crippen molar-refractivity contribution in [2.24, 2.45) is 23.7 Å². The van der Waals surface area contributed by atoms with Gasteiger partial charge in [0.05, 0.1) is 6.26 Å². The van der Waals surface area contributed by atoms with Crippen LogP contribution in [0.15, 0.2) is 48.5 Å². The van der Waals surface area contributed by atoms with Gasteiger partial charge in [0.2, 0.25) is 15.9 Å². The molecule has 1 saturated heterocycles. The number of likely N-dealkylation sites (tertiary alicyclic amines) is 1. The van der Waals surface area contributed by atoms with Crippen LogP contribution in [0.5, 0.6) is 11.5 Å². The fraction of sp³-hybridized carbons (Fsp3) is 0.552. The first-order valence-corrected chi connectivity index (χ1v) is 15.5. The van der Waals surface area contributed by atoms with Gasteiger partial charge in [0.1, 0.15) is 11.5 Å². The topological polar surface area (TPSA) is 87.7 Å². The van der Waals surface area contributed by atoms with Crippen molar-refractivity contribution in [2.75, 3.05) is 30.6 Å². The number of carbonyl (C=O) groups is 1. The molecule has 2 N–H and O–H groups in total. The van der Waals surface area contributed by atoms with Crippen molar-refractivity contribution in [3.8, 4) is 11.5 Å². The summed E-state index contributed by atoms with van der Waals surface area (Å²) in [6.07, 6.45) is 9.73. The fourth-order valence-corrected chi connectivity index (χ4v) is 6.95. The van der Waals surface area contributed by atoms with Gasteiger partial charge in [-0.1, -0.05) is 31.4 Å². The number of fused-ring (bicyclic) bond motifs is 1. The van der Waals surface area contributed by atoms with E-state index in [4.69, 9.17) is 4.74 Å². The van der Waals surface area contributed by atoms with E-state index in [0.29, 0.717) is 35.1 Å². The van der Waals surface area contributed by atoms with Gasteiger partial charge < -0.3 is 10.1 Å². The minimum atomic E-state index is -3.29. The number of anilines is 1. The van der Waals surface area contributed by atoms with Gasteiger partial charge in [-0.25, -0.2) is 8.42 Å². The standard InChI is InChI=1S/C29H39N3O4S.ClH/c1-37(34,35)31-26-9-13-28(14-10-26)36-27-11-7-22(8-12-27)18-32-19-24-15-23(16-25(24)20-32)29(33)30-17-21-5-3-2-4-6-21;/h7-14,21,23-25,31H,2-6,15-20H2,1H3,(H,30,33);1H/t23?,24-,25+;. The van der Waals surface area contributed by atoms with Crippen molar-refractivity contribution >= 4 is 34.0 Å². The number of benzene rings is 2. The summed E-state index contributed by atoms with van der Waals surface area (Å²) in [6.45, 7) is 3.94. The maximum absolute atomic E-state index is 12.8. The van der Waals surface area contributed by atoms with Gasteiger partial charge in [0.25, 0.3) is 0 Å². The van der Waals surface area contributed by atoms with Crippen molar-refractivity contribution in [1.82, 2.24) is 10.2 Å². The molecular weight excluding hydrogens is 522 g/mol. The Morgan fingerprint density at radius 1 is 0.921 bits per heavy atom. The minimum Gasteiger partial charge on any atom is -0.457 e. The highest BCUT2D eigenvalue weighted by Crippen LogP contribution is 2.42. The maximum Gasteiger partial charge on any atom is 0.229 e. The van der Waals surface area contributed by atoms with E-state index in [1.807, 2.05) is 12.1 Å². The van der Waals surface area contributed by atoms with Crippen LogP contribution in [0.25, 0.3) is 0 Å². The molecule has 38 heavy (non-hydrogen) atoms. The van der Waals surface area contributed by atoms with Crippen molar-refractivity contribution in [1.29, 1.82) is 0 Å². The largest absolute Gasteiger partial charge is 0.457 e. The number of hydrogen-bond donors (Lipinski definition) is 2. The molecule has 0 spiro atoms. The third-order valence-electron chi connectivity index (χ3n) is 8.21. The molecule has 3 aliphatic rings. The van der Waals surface area contributed by atoms with Crippen molar-refractivity contribution < 1.29 is 17.9 Å². The molecule has 1 unspecified atom stereocenters. The molecular formula is C29H40ClN3O4S. The summed E-state index contributed by atoms with van der Waals surface area (Å²) in [5.41, 5.74) is 1.76. The zero-order valence-corrected chi connectivity index (χ0v) is 23.7. The van der Waals surface area contributed by atoms with Crippen molar-refractivity contribution in [3.63, 3.8) is 0 Å². The average Bonchev–Trinajstić information content (AvgIpc) is 3.44. The Morgan fingerprint density at radius 2 is 1.50 bits per heavy atom. The van der Waals surface area contributed by atoms with E-state index in [1.165, 1.54) is 37.7 Å². The fourth-order valence-electron chi connectivity index (χ4n) is 6.38. The first kappa shape index (κ1) is 28.7. The molecule has 3 atom stereocenters. The lowest BCUT2D eigenvalue weighted by Gasteiger charge is -2.23. The number of sulfonamides is 1. The lowest BCUT2D eigenvalue weighted by molar-refractivity contribution is -0.125. The average molecular weight is 562 g/mol. The highest BCUT2D eigenvalue weighted by atomic mass is 35.5. The smallest absolute Gasteiger partial charge is 0.229 e. The lowest BCUT2D eigenvalue weighted by atomic mass is 9.89. The van der Waals surface area contributed by atoms with Crippen LogP contribution >= 0.6 is 12.4 Å². The molecule has 3 fully saturated rings. The predicted molar refractivity (Wildman–Crippen MR) is 153 cm³/mol. The van der Waals surface area contributed by atoms with Crippen LogP contribution in [0.4, 0.5) is 5.69 Å². The molecule has 5 rings (SSSR count). The molecule has 2 saturated carbocycles. The second-order valence-corrected chi connectivity index (χ2v) is 13.0. The molecule has 9 heteroatoms. The Kier molecular flexibility index (Phi) is 9.60. The van der Waals surface area contributed by atoms with Crippen LogP contribution in [0.3, 0.4) is 0 Å². The van der Waals surface area contributed by atoms with Crippen molar-refractivity contribution in [3.05, 3.63) is 54.1 Å². The second-order valence-electron chi connectivity index (χ2n) is 11.3. The van der Waals surface area contributed by atoms with E-state index in [-0.39, 0.29) is 18.3 Å². The number of rotatable bonds is 9. The summed E-state index contributed by atoms with van der Waals surface area (Å²) in [5.74, 6) is 3.85. The van der Waals surface area contributed by atoms with E-state index < -0.39 is 10.0 Å². The number of carbonyl (C=O) groups excluding carboxylic acids is 1. The molecule has 0 bridgehead atoms. The van der Waals surface area contributed by atoms with Gasteiger partial charge in [0.15, 0.2) is 0 Å². The number of amides is 1. The van der Waals surface area contributed by atoms with E-state index in [2.05, 4.69) is 27.1 Å². The lowest BCUT2D eigenvalue weighted by Crippen LogP contribution is -2.35. The highest BCUT2D eigenvalue weighted by molar-refractivity contribution is 7.92. The van der Waals surface area contributed by atoms with Gasteiger partial charge in [0, 0.05) is 37.8 Å². The number of nitrogens with one attached hydrogen (secondary N) is 2. The van der Waals surface area contributed by atoms with Gasteiger partial charge in [-0.05, 0) is 85.4 Å². The summed E-state index contributed by atoms with van der Waals surface area (Å²) < 4.78 is 31.0. The highest BCUT2D eigenvalue weighted by Gasteiger charge is 2.43. The Balaban J connectivity index is 0.00000336. The molecule has 208 valence electrons. The van der Waals surface area contributed by atoms with Gasteiger partial charge in [-0.15, -0.1) is 12.4 Å². The van der Waals surface area contributed by atoms with Crippen LogP contribution in [0, 0.1) is 23.7 Å². The molecule has 7 nitrogen and oxygen atoms in total. The minimum absolute atomic E-state index is 0. The molecule has 1 aliphatic heterocycles. The zero-order chi connectivity index (χ0) is 25.8. The molecule has 2 aromatic carbocycles. The number of nitrogens with zero attached hydrogens (tertiary/aromatic N) is 1. The van der Waals surface area contributed by atoms with Gasteiger partial charge >= 0.3 is 0 Å². The normalized spacial score (nSPS) is 23.9. The quantitative estimate of drug-likeness (QED) is 0.426. The number of hydrogen-bond acceptors (Lipinski definition) is 5. The molecule has 0 aromatic heterocycles. The summed E-state index contributed by atoms with van der Waals surface area (Å²) in [5, 5.41) is 3.28. The number of ether oxygens (including phenoxy) is 1. The third kappa shape index (κ3) is 7.87. The van der Waals surface area contributed by atoms with Crippen LogP contribution < -0.4 is 14.8 Å². The van der Waals surface area contributed by atoms with Crippen molar-refractivity contribution in [2.45, 2.75) is 51.5 Å². The monoisotopic (exact) mass is 561 g/mol. The predicted octanol–water partition coefficient (Wildman–Crippen LogP) is 5.43. The van der Waals surface area contributed by atoms with Crippen LogP contribution in [-0.2, 0) is 21.4 Å².